The molecule has 3 heteroatoms. The summed E-state index contributed by atoms with van der Waals surface area (Å²) in [7, 11) is 1.36. The Kier molecular flexibility index (Phi) is 4.26. The van der Waals surface area contributed by atoms with Crippen molar-refractivity contribution in [1.82, 2.24) is 0 Å². The van der Waals surface area contributed by atoms with Crippen molar-refractivity contribution in [3.05, 3.63) is 41.3 Å². The summed E-state index contributed by atoms with van der Waals surface area (Å²) >= 11 is 1.49. The molecule has 0 radical (unpaired) electrons. The van der Waals surface area contributed by atoms with Gasteiger partial charge in [0.1, 0.15) is 0 Å². The molecule has 14 heavy (non-hydrogen) atoms. The van der Waals surface area contributed by atoms with Crippen LogP contribution in [-0.2, 0) is 9.53 Å². The number of aryl methyl sites for hydroxylation is 1. The number of ether oxygens (including phenoxy) is 1. The highest BCUT2D eigenvalue weighted by atomic mass is 32.2. The quantitative estimate of drug-likeness (QED) is 0.434. The van der Waals surface area contributed by atoms with Gasteiger partial charge in [-0.25, -0.2) is 4.79 Å². The maximum absolute atomic E-state index is 10.7. The maximum atomic E-state index is 10.7. The lowest BCUT2D eigenvalue weighted by atomic mass is 10.2. The zero-order valence-corrected chi connectivity index (χ0v) is 9.01. The highest BCUT2D eigenvalue weighted by molar-refractivity contribution is 8.02. The van der Waals surface area contributed by atoms with Crippen molar-refractivity contribution in [3.8, 4) is 0 Å². The summed E-state index contributed by atoms with van der Waals surface area (Å²) in [5.74, 6) is -0.329. The van der Waals surface area contributed by atoms with E-state index in [1.54, 1.807) is 5.41 Å². The maximum Gasteiger partial charge on any atom is 0.330 e. The summed E-state index contributed by atoms with van der Waals surface area (Å²) in [6.07, 6.45) is 1.41. The zero-order chi connectivity index (χ0) is 10.4. The van der Waals surface area contributed by atoms with E-state index in [1.807, 2.05) is 31.2 Å². The first-order valence-corrected chi connectivity index (χ1v) is 5.08. The van der Waals surface area contributed by atoms with Gasteiger partial charge in [-0.15, -0.1) is 0 Å². The second-order valence-corrected chi connectivity index (χ2v) is 3.74. The lowest BCUT2D eigenvalue weighted by Crippen LogP contribution is -1.92. The number of carbonyl (C=O) groups excluding carboxylic acids is 1. The summed E-state index contributed by atoms with van der Waals surface area (Å²) in [5, 5.41) is 1.72. The monoisotopic (exact) mass is 208 g/mol. The lowest BCUT2D eigenvalue weighted by Gasteiger charge is -1.96. The third-order valence-corrected chi connectivity index (χ3v) is 2.45. The minimum atomic E-state index is -0.329. The molecule has 0 aliphatic carbocycles. The van der Waals surface area contributed by atoms with Gasteiger partial charge >= 0.3 is 5.97 Å². The molecule has 0 heterocycles. The standard InChI is InChI=1S/C11H12O2S/c1-9-3-5-10(6-4-9)14-8-7-11(12)13-2/h3-8H,1-2H3/b8-7+. The summed E-state index contributed by atoms with van der Waals surface area (Å²) in [5.41, 5.74) is 1.23. The molecular formula is C11H12O2S. The molecule has 0 unspecified atom stereocenters. The number of hydrogen-bond donors (Lipinski definition) is 0. The van der Waals surface area contributed by atoms with Crippen molar-refractivity contribution in [1.29, 1.82) is 0 Å². The van der Waals surface area contributed by atoms with Gasteiger partial charge in [0.15, 0.2) is 0 Å². The van der Waals surface area contributed by atoms with Crippen LogP contribution in [0.25, 0.3) is 0 Å². The van der Waals surface area contributed by atoms with Gasteiger partial charge in [0.05, 0.1) is 7.11 Å². The number of rotatable bonds is 3. The fraction of sp³-hybridized carbons (Fsp3) is 0.182. The van der Waals surface area contributed by atoms with Crippen LogP contribution in [0.2, 0.25) is 0 Å². The average molecular weight is 208 g/mol. The number of methoxy groups -OCH3 is 1. The fourth-order valence-electron chi connectivity index (χ4n) is 0.853. The Balaban J connectivity index is 2.49. The van der Waals surface area contributed by atoms with Crippen LogP contribution in [-0.4, -0.2) is 13.1 Å². The first kappa shape index (κ1) is 10.9. The molecule has 1 aromatic rings. The average Bonchev–Trinajstić information content (AvgIpc) is 2.21. The predicted molar refractivity (Wildman–Crippen MR) is 58.2 cm³/mol. The smallest absolute Gasteiger partial charge is 0.330 e. The molecule has 0 saturated carbocycles. The lowest BCUT2D eigenvalue weighted by molar-refractivity contribution is -0.134. The highest BCUT2D eigenvalue weighted by Gasteiger charge is 1.92. The molecule has 0 bridgehead atoms. The van der Waals surface area contributed by atoms with Crippen molar-refractivity contribution in [2.75, 3.05) is 7.11 Å². The van der Waals surface area contributed by atoms with E-state index >= 15 is 0 Å². The van der Waals surface area contributed by atoms with E-state index in [0.29, 0.717) is 0 Å². The van der Waals surface area contributed by atoms with Crippen molar-refractivity contribution >= 4 is 17.7 Å². The van der Waals surface area contributed by atoms with E-state index < -0.39 is 0 Å². The molecule has 1 aromatic carbocycles. The Morgan fingerprint density at radius 3 is 2.57 bits per heavy atom. The first-order chi connectivity index (χ1) is 6.72. The molecule has 2 nitrogen and oxygen atoms in total. The normalized spacial score (nSPS) is 10.4. The molecule has 1 rings (SSSR count). The second-order valence-electron chi connectivity index (χ2n) is 2.76. The largest absolute Gasteiger partial charge is 0.466 e. The molecule has 0 fully saturated rings. The highest BCUT2D eigenvalue weighted by Crippen LogP contribution is 2.19. The van der Waals surface area contributed by atoms with Crippen LogP contribution in [0.15, 0.2) is 40.6 Å². The number of esters is 1. The number of hydrogen-bond acceptors (Lipinski definition) is 3. The summed E-state index contributed by atoms with van der Waals surface area (Å²) < 4.78 is 4.47. The fourth-order valence-corrected chi connectivity index (χ4v) is 1.48. The van der Waals surface area contributed by atoms with Gasteiger partial charge in [-0.1, -0.05) is 29.5 Å². The second kappa shape index (κ2) is 5.50. The van der Waals surface area contributed by atoms with Crippen LogP contribution in [0.5, 0.6) is 0 Å². The van der Waals surface area contributed by atoms with Gasteiger partial charge in [-0.05, 0) is 24.5 Å². The van der Waals surface area contributed by atoms with Gasteiger partial charge in [0.25, 0.3) is 0 Å². The molecule has 0 atom stereocenters. The van der Waals surface area contributed by atoms with Gasteiger partial charge in [-0.2, -0.15) is 0 Å². The summed E-state index contributed by atoms with van der Waals surface area (Å²) in [4.78, 5) is 11.8. The Bertz CT molecular complexity index is 328. The molecule has 0 aliphatic rings. The Morgan fingerprint density at radius 1 is 1.36 bits per heavy atom. The topological polar surface area (TPSA) is 26.3 Å². The minimum Gasteiger partial charge on any atom is -0.466 e. The van der Waals surface area contributed by atoms with Gasteiger partial charge in [-0.3, -0.25) is 0 Å². The van der Waals surface area contributed by atoms with E-state index in [1.165, 1.54) is 30.5 Å². The summed E-state index contributed by atoms with van der Waals surface area (Å²) in [6, 6.07) is 8.10. The van der Waals surface area contributed by atoms with Gasteiger partial charge in [0.2, 0.25) is 0 Å². The van der Waals surface area contributed by atoms with Crippen molar-refractivity contribution in [2.24, 2.45) is 0 Å². The van der Waals surface area contributed by atoms with Crippen LogP contribution in [0, 0.1) is 6.92 Å². The van der Waals surface area contributed by atoms with Crippen LogP contribution >= 0.6 is 11.8 Å². The third kappa shape index (κ3) is 3.66. The molecule has 74 valence electrons. The van der Waals surface area contributed by atoms with Crippen LogP contribution < -0.4 is 0 Å². The first-order valence-electron chi connectivity index (χ1n) is 4.20. The molecule has 0 N–H and O–H groups in total. The SMILES string of the molecule is COC(=O)/C=C/Sc1ccc(C)cc1. The van der Waals surface area contributed by atoms with Gasteiger partial charge < -0.3 is 4.74 Å². The number of thioether (sulfide) groups is 1. The summed E-state index contributed by atoms with van der Waals surface area (Å²) in [6.45, 7) is 2.04. The van der Waals surface area contributed by atoms with E-state index in [4.69, 9.17) is 0 Å². The van der Waals surface area contributed by atoms with E-state index in [2.05, 4.69) is 4.74 Å². The Morgan fingerprint density at radius 2 is 2.00 bits per heavy atom. The van der Waals surface area contributed by atoms with Gasteiger partial charge in [0, 0.05) is 11.0 Å². The number of carbonyl (C=O) groups is 1. The van der Waals surface area contributed by atoms with Crippen LogP contribution in [0.3, 0.4) is 0 Å². The van der Waals surface area contributed by atoms with Crippen molar-refractivity contribution < 1.29 is 9.53 Å². The third-order valence-electron chi connectivity index (χ3n) is 1.63. The molecule has 0 saturated heterocycles. The van der Waals surface area contributed by atoms with Crippen molar-refractivity contribution in [3.63, 3.8) is 0 Å². The molecular weight excluding hydrogens is 196 g/mol. The Labute approximate surface area is 88.0 Å². The van der Waals surface area contributed by atoms with E-state index in [0.717, 1.165) is 4.90 Å². The molecule has 0 aromatic heterocycles. The number of benzene rings is 1. The predicted octanol–water partition coefficient (Wildman–Crippen LogP) is 2.77. The van der Waals surface area contributed by atoms with Crippen LogP contribution in [0.4, 0.5) is 0 Å². The van der Waals surface area contributed by atoms with Crippen molar-refractivity contribution in [2.45, 2.75) is 11.8 Å². The Hall–Kier alpha value is -1.22. The molecule has 0 aliphatic heterocycles. The molecule has 0 spiro atoms. The van der Waals surface area contributed by atoms with E-state index in [-0.39, 0.29) is 5.97 Å². The van der Waals surface area contributed by atoms with E-state index in [9.17, 15) is 4.79 Å². The van der Waals surface area contributed by atoms with Crippen LogP contribution in [0.1, 0.15) is 5.56 Å². The molecule has 0 amide bonds. The minimum absolute atomic E-state index is 0.329. The zero-order valence-electron chi connectivity index (χ0n) is 8.19.